The van der Waals surface area contributed by atoms with Crippen LogP contribution in [0.2, 0.25) is 0 Å². The van der Waals surface area contributed by atoms with E-state index in [9.17, 15) is 0 Å². The number of rotatable bonds is 1. The van der Waals surface area contributed by atoms with Crippen molar-refractivity contribution in [2.24, 2.45) is 0 Å². The molecule has 54 valence electrons. The summed E-state index contributed by atoms with van der Waals surface area (Å²) in [5.41, 5.74) is 0. The predicted octanol–water partition coefficient (Wildman–Crippen LogP) is 0.972. The van der Waals surface area contributed by atoms with E-state index in [0.717, 1.165) is 6.04 Å². The monoisotopic (exact) mass is 240 g/mol. The van der Waals surface area contributed by atoms with Gasteiger partial charge in [0.15, 0.2) is 0 Å². The molecule has 2 nitrogen and oxygen atoms in total. The van der Waals surface area contributed by atoms with Crippen molar-refractivity contribution in [1.29, 1.82) is 0 Å². The van der Waals surface area contributed by atoms with E-state index >= 15 is 0 Å². The summed E-state index contributed by atoms with van der Waals surface area (Å²) in [6.45, 7) is 2.48. The van der Waals surface area contributed by atoms with E-state index in [1.165, 1.54) is 19.5 Å². The van der Waals surface area contributed by atoms with Gasteiger partial charge in [0.25, 0.3) is 0 Å². The minimum atomic E-state index is 0.793. The largest absolute Gasteiger partial charge is 0.305 e. The van der Waals surface area contributed by atoms with Crippen molar-refractivity contribution >= 4 is 22.9 Å². The molecule has 0 saturated carbocycles. The molecule has 1 heterocycles. The van der Waals surface area contributed by atoms with Crippen molar-refractivity contribution in [3.8, 4) is 0 Å². The summed E-state index contributed by atoms with van der Waals surface area (Å²) in [5.74, 6) is 0. The molecule has 1 atom stereocenters. The summed E-state index contributed by atoms with van der Waals surface area (Å²) >= 11 is 2.39. The summed E-state index contributed by atoms with van der Waals surface area (Å²) in [6.07, 6.45) is 1.33. The van der Waals surface area contributed by atoms with E-state index in [-0.39, 0.29) is 0 Å². The van der Waals surface area contributed by atoms with E-state index in [2.05, 4.69) is 45.0 Å². The number of hydrogen-bond acceptors (Lipinski definition) is 2. The van der Waals surface area contributed by atoms with Crippen LogP contribution in [0, 0.1) is 0 Å². The predicted molar refractivity (Wildman–Crippen MR) is 47.7 cm³/mol. The second-order valence-electron chi connectivity index (χ2n) is 2.77. The van der Waals surface area contributed by atoms with Crippen LogP contribution in [0.5, 0.6) is 0 Å². The molecule has 1 aliphatic rings. The Morgan fingerprint density at radius 3 is 2.44 bits per heavy atom. The third-order valence-electron chi connectivity index (χ3n) is 1.84. The molecule has 0 radical (unpaired) electrons. The molecule has 1 saturated heterocycles. The molecule has 1 unspecified atom stereocenters. The second-order valence-corrected chi connectivity index (χ2v) is 4.14. The van der Waals surface area contributed by atoms with Crippen molar-refractivity contribution in [1.82, 2.24) is 8.01 Å². The fraction of sp³-hybridized carbons (Fsp3) is 1.00. The van der Waals surface area contributed by atoms with Crippen LogP contribution in [0.15, 0.2) is 0 Å². The standard InChI is InChI=1S/C6H13IN2/c1-8(2)6-3-4-9(7)5-6/h6H,3-5H2,1-2H3. The van der Waals surface area contributed by atoms with Gasteiger partial charge in [0.2, 0.25) is 0 Å². The molecular weight excluding hydrogens is 227 g/mol. The molecule has 3 heteroatoms. The lowest BCUT2D eigenvalue weighted by molar-refractivity contribution is 0.307. The molecule has 0 N–H and O–H groups in total. The van der Waals surface area contributed by atoms with Gasteiger partial charge in [0, 0.05) is 42.0 Å². The fourth-order valence-corrected chi connectivity index (χ4v) is 1.86. The molecule has 0 aromatic heterocycles. The van der Waals surface area contributed by atoms with E-state index < -0.39 is 0 Å². The van der Waals surface area contributed by atoms with Gasteiger partial charge in [0.05, 0.1) is 0 Å². The Morgan fingerprint density at radius 2 is 2.22 bits per heavy atom. The Bertz CT molecular complexity index is 95.1. The second kappa shape index (κ2) is 3.16. The SMILES string of the molecule is CN(C)C1CCN(I)C1. The van der Waals surface area contributed by atoms with Crippen molar-refractivity contribution in [3.63, 3.8) is 0 Å². The van der Waals surface area contributed by atoms with Crippen molar-refractivity contribution in [2.75, 3.05) is 27.2 Å². The van der Waals surface area contributed by atoms with Crippen LogP contribution >= 0.6 is 22.9 Å². The summed E-state index contributed by atoms with van der Waals surface area (Å²) < 4.78 is 2.35. The average Bonchev–Trinajstić information content (AvgIpc) is 2.14. The number of likely N-dealkylation sites (N-methyl/N-ethyl adjacent to an activating group) is 1. The Balaban J connectivity index is 2.30. The zero-order valence-corrected chi connectivity index (χ0v) is 8.13. The van der Waals surface area contributed by atoms with Gasteiger partial charge in [-0.2, -0.15) is 0 Å². The topological polar surface area (TPSA) is 6.48 Å². The molecule has 1 rings (SSSR count). The Hall–Kier alpha value is 0.650. The highest BCUT2D eigenvalue weighted by atomic mass is 127. The minimum Gasteiger partial charge on any atom is -0.305 e. The van der Waals surface area contributed by atoms with Crippen LogP contribution in [-0.4, -0.2) is 41.2 Å². The number of halogens is 1. The normalized spacial score (nSPS) is 30.0. The van der Waals surface area contributed by atoms with Crippen molar-refractivity contribution < 1.29 is 0 Å². The van der Waals surface area contributed by atoms with Gasteiger partial charge in [-0.05, 0) is 20.5 Å². The van der Waals surface area contributed by atoms with Crippen molar-refractivity contribution in [2.45, 2.75) is 12.5 Å². The van der Waals surface area contributed by atoms with E-state index in [1.807, 2.05) is 0 Å². The van der Waals surface area contributed by atoms with Crippen LogP contribution < -0.4 is 0 Å². The molecule has 0 spiro atoms. The first-order valence-corrected chi connectivity index (χ1v) is 4.24. The Labute approximate surface area is 70.7 Å². The highest BCUT2D eigenvalue weighted by Crippen LogP contribution is 2.15. The maximum Gasteiger partial charge on any atom is 0.0238 e. The van der Waals surface area contributed by atoms with Gasteiger partial charge in [-0.3, -0.25) is 0 Å². The van der Waals surface area contributed by atoms with Crippen LogP contribution in [0.3, 0.4) is 0 Å². The molecular formula is C6H13IN2. The molecule has 0 aromatic rings. The molecule has 0 bridgehead atoms. The molecule has 0 aromatic carbocycles. The summed E-state index contributed by atoms with van der Waals surface area (Å²) in [6, 6.07) is 0.793. The van der Waals surface area contributed by atoms with Gasteiger partial charge in [-0.1, -0.05) is 0 Å². The third kappa shape index (κ3) is 2.05. The maximum atomic E-state index is 2.39. The van der Waals surface area contributed by atoms with E-state index in [4.69, 9.17) is 0 Å². The van der Waals surface area contributed by atoms with Crippen LogP contribution in [0.4, 0.5) is 0 Å². The molecule has 1 fully saturated rings. The quantitative estimate of drug-likeness (QED) is 0.497. The first kappa shape index (κ1) is 7.75. The molecule has 9 heavy (non-hydrogen) atoms. The van der Waals surface area contributed by atoms with Gasteiger partial charge in [-0.15, -0.1) is 0 Å². The lowest BCUT2D eigenvalue weighted by atomic mass is 10.2. The van der Waals surface area contributed by atoms with E-state index in [1.54, 1.807) is 0 Å². The summed E-state index contributed by atoms with van der Waals surface area (Å²) in [4.78, 5) is 2.30. The number of hydrogen-bond donors (Lipinski definition) is 0. The number of nitrogens with zero attached hydrogens (tertiary/aromatic N) is 2. The van der Waals surface area contributed by atoms with Gasteiger partial charge in [-0.25, -0.2) is 3.11 Å². The maximum absolute atomic E-state index is 2.39. The summed E-state index contributed by atoms with van der Waals surface area (Å²) in [5, 5.41) is 0. The van der Waals surface area contributed by atoms with Crippen LogP contribution in [0.1, 0.15) is 6.42 Å². The first-order chi connectivity index (χ1) is 4.20. The average molecular weight is 240 g/mol. The minimum absolute atomic E-state index is 0.793. The molecule has 0 amide bonds. The zero-order valence-electron chi connectivity index (χ0n) is 5.97. The third-order valence-corrected chi connectivity index (χ3v) is 2.72. The van der Waals surface area contributed by atoms with Crippen LogP contribution in [0.25, 0.3) is 0 Å². The summed E-state index contributed by atoms with van der Waals surface area (Å²) in [7, 11) is 4.31. The highest BCUT2D eigenvalue weighted by molar-refractivity contribution is 14.1. The van der Waals surface area contributed by atoms with E-state index in [0.29, 0.717) is 0 Å². The fourth-order valence-electron chi connectivity index (χ4n) is 1.12. The van der Waals surface area contributed by atoms with Gasteiger partial charge >= 0.3 is 0 Å². The molecule has 1 aliphatic heterocycles. The van der Waals surface area contributed by atoms with Gasteiger partial charge in [0.1, 0.15) is 0 Å². The lowest BCUT2D eigenvalue weighted by Gasteiger charge is -2.17. The molecule has 0 aliphatic carbocycles. The Kier molecular flexibility index (Phi) is 2.73. The van der Waals surface area contributed by atoms with Gasteiger partial charge < -0.3 is 4.90 Å². The first-order valence-electron chi connectivity index (χ1n) is 3.27. The lowest BCUT2D eigenvalue weighted by Crippen LogP contribution is -2.29. The Morgan fingerprint density at radius 1 is 1.56 bits per heavy atom. The smallest absolute Gasteiger partial charge is 0.0238 e. The zero-order chi connectivity index (χ0) is 6.85. The van der Waals surface area contributed by atoms with Crippen LogP contribution in [-0.2, 0) is 0 Å². The highest BCUT2D eigenvalue weighted by Gasteiger charge is 2.21. The van der Waals surface area contributed by atoms with Crippen molar-refractivity contribution in [3.05, 3.63) is 0 Å².